The fourth-order valence-electron chi connectivity index (χ4n) is 4.21. The molecule has 1 aromatic carbocycles. The van der Waals surface area contributed by atoms with Gasteiger partial charge in [0.1, 0.15) is 17.7 Å². The molecule has 0 aliphatic carbocycles. The minimum Gasteiger partial charge on any atom is -0.444 e. The van der Waals surface area contributed by atoms with Gasteiger partial charge in [0.25, 0.3) is 0 Å². The van der Waals surface area contributed by atoms with E-state index in [2.05, 4.69) is 17.6 Å². The van der Waals surface area contributed by atoms with Crippen LogP contribution < -0.4 is 10.6 Å². The molecule has 8 heteroatoms. The molecule has 0 saturated carbocycles. The van der Waals surface area contributed by atoms with Crippen molar-refractivity contribution < 1.29 is 24.2 Å². The molecule has 0 spiro atoms. The van der Waals surface area contributed by atoms with Gasteiger partial charge in [0, 0.05) is 13.1 Å². The average Bonchev–Trinajstić information content (AvgIpc) is 2.79. The number of carbonyl (C=O) groups excluding carboxylic acids is 3. The highest BCUT2D eigenvalue weighted by Gasteiger charge is 2.36. The number of aryl methyl sites for hydroxylation is 2. The normalized spacial score (nSPS) is 13.0. The Hall–Kier alpha value is -2.61. The third-order valence-electron chi connectivity index (χ3n) is 5.91. The van der Waals surface area contributed by atoms with Crippen molar-refractivity contribution >= 4 is 17.9 Å². The van der Waals surface area contributed by atoms with Crippen LogP contribution in [0.4, 0.5) is 4.79 Å². The van der Waals surface area contributed by atoms with Crippen LogP contribution in [0.15, 0.2) is 18.2 Å². The molecule has 0 saturated heterocycles. The molecule has 0 aliphatic heterocycles. The summed E-state index contributed by atoms with van der Waals surface area (Å²) in [4.78, 5) is 41.3. The van der Waals surface area contributed by atoms with E-state index in [4.69, 9.17) is 4.74 Å². The van der Waals surface area contributed by atoms with Crippen molar-refractivity contribution in [3.05, 3.63) is 34.9 Å². The van der Waals surface area contributed by atoms with Gasteiger partial charge in [0.05, 0.1) is 6.61 Å². The zero-order valence-electron chi connectivity index (χ0n) is 24.0. The molecule has 1 aromatic rings. The summed E-state index contributed by atoms with van der Waals surface area (Å²) in [6, 6.07) is 3.74. The molecular weight excluding hydrogens is 470 g/mol. The van der Waals surface area contributed by atoms with Gasteiger partial charge >= 0.3 is 6.09 Å². The van der Waals surface area contributed by atoms with Crippen LogP contribution in [0.5, 0.6) is 0 Å². The van der Waals surface area contributed by atoms with Gasteiger partial charge in [-0.25, -0.2) is 4.79 Å². The first-order chi connectivity index (χ1) is 17.4. The van der Waals surface area contributed by atoms with Crippen LogP contribution >= 0.6 is 0 Å². The minimum absolute atomic E-state index is 0.269. The van der Waals surface area contributed by atoms with Gasteiger partial charge in [-0.15, -0.1) is 0 Å². The van der Waals surface area contributed by atoms with E-state index in [1.807, 2.05) is 39.0 Å². The number of rotatable bonds is 15. The lowest BCUT2D eigenvalue weighted by Crippen LogP contribution is -2.54. The van der Waals surface area contributed by atoms with Gasteiger partial charge in [-0.2, -0.15) is 0 Å². The highest BCUT2D eigenvalue weighted by atomic mass is 16.6. The van der Waals surface area contributed by atoms with Crippen molar-refractivity contribution in [3.8, 4) is 0 Å². The summed E-state index contributed by atoms with van der Waals surface area (Å²) in [6.45, 7) is 13.5. The molecule has 0 heterocycles. The molecule has 0 aromatic heterocycles. The van der Waals surface area contributed by atoms with Gasteiger partial charge in [0.15, 0.2) is 0 Å². The van der Waals surface area contributed by atoms with E-state index in [1.165, 1.54) is 4.90 Å². The van der Waals surface area contributed by atoms with Crippen LogP contribution in [0.1, 0.15) is 102 Å². The fourth-order valence-corrected chi connectivity index (χ4v) is 4.21. The zero-order chi connectivity index (χ0) is 28.0. The van der Waals surface area contributed by atoms with E-state index in [0.29, 0.717) is 25.1 Å². The SMILES string of the molecule is CCCCCCCN(C(=O)C(CO)NC(=O)OC(C)(C)C)C(C(=O)NCCCC)c1cc(C)cc(C)c1. The summed E-state index contributed by atoms with van der Waals surface area (Å²) in [5, 5.41) is 15.6. The molecule has 3 N–H and O–H groups in total. The Balaban J connectivity index is 3.39. The predicted octanol–water partition coefficient (Wildman–Crippen LogP) is 4.95. The van der Waals surface area contributed by atoms with E-state index in [-0.39, 0.29) is 5.91 Å². The lowest BCUT2D eigenvalue weighted by Gasteiger charge is -2.34. The summed E-state index contributed by atoms with van der Waals surface area (Å²) in [7, 11) is 0. The Bertz CT molecular complexity index is 845. The standard InChI is InChI=1S/C29H49N3O5/c1-8-10-12-13-14-16-32(27(35)24(20-33)31-28(36)37-29(5,6)7)25(26(34)30-15-11-9-2)23-18-21(3)17-22(4)19-23/h17-19,24-25,33H,8-16,20H2,1-7H3,(H,30,34)(H,31,36). The van der Waals surface area contributed by atoms with Gasteiger partial charge in [-0.05, 0) is 53.0 Å². The molecule has 0 fully saturated rings. The van der Waals surface area contributed by atoms with Crippen LogP contribution in [0.3, 0.4) is 0 Å². The van der Waals surface area contributed by atoms with Crippen molar-refractivity contribution in [2.75, 3.05) is 19.7 Å². The number of carbonyl (C=O) groups is 3. The lowest BCUT2D eigenvalue weighted by molar-refractivity contribution is -0.143. The second-order valence-corrected chi connectivity index (χ2v) is 10.8. The number of benzene rings is 1. The number of amides is 3. The molecule has 210 valence electrons. The zero-order valence-corrected chi connectivity index (χ0v) is 24.0. The summed E-state index contributed by atoms with van der Waals surface area (Å²) >= 11 is 0. The maximum atomic E-state index is 13.8. The maximum Gasteiger partial charge on any atom is 0.408 e. The number of hydrogen-bond donors (Lipinski definition) is 3. The van der Waals surface area contributed by atoms with Crippen LogP contribution in [-0.2, 0) is 14.3 Å². The number of aliphatic hydroxyl groups excluding tert-OH is 1. The van der Waals surface area contributed by atoms with E-state index in [0.717, 1.165) is 49.7 Å². The Morgan fingerprint density at radius 3 is 2.08 bits per heavy atom. The van der Waals surface area contributed by atoms with Gasteiger partial charge in [0.2, 0.25) is 11.8 Å². The molecule has 0 bridgehead atoms. The molecule has 2 unspecified atom stereocenters. The molecule has 37 heavy (non-hydrogen) atoms. The third-order valence-corrected chi connectivity index (χ3v) is 5.91. The summed E-state index contributed by atoms with van der Waals surface area (Å²) in [5.74, 6) is -0.784. The van der Waals surface area contributed by atoms with Crippen molar-refractivity contribution in [2.24, 2.45) is 0 Å². The highest BCUT2D eigenvalue weighted by Crippen LogP contribution is 2.26. The van der Waals surface area contributed by atoms with Crippen molar-refractivity contribution in [1.82, 2.24) is 15.5 Å². The quantitative estimate of drug-likeness (QED) is 0.284. The summed E-state index contributed by atoms with van der Waals surface area (Å²) in [5.41, 5.74) is 1.93. The fraction of sp³-hybridized carbons (Fsp3) is 0.690. The van der Waals surface area contributed by atoms with Gasteiger partial charge in [-0.1, -0.05) is 75.3 Å². The minimum atomic E-state index is -1.23. The molecule has 2 atom stereocenters. The first kappa shape index (κ1) is 32.4. The first-order valence-corrected chi connectivity index (χ1v) is 13.7. The smallest absolute Gasteiger partial charge is 0.408 e. The van der Waals surface area contributed by atoms with Crippen LogP contribution in [0, 0.1) is 13.8 Å². The Kier molecular flexibility index (Phi) is 14.3. The number of alkyl carbamates (subject to hydrolysis) is 1. The molecule has 3 amide bonds. The number of unbranched alkanes of at least 4 members (excludes halogenated alkanes) is 5. The van der Waals surface area contributed by atoms with Gasteiger partial charge in [-0.3, -0.25) is 9.59 Å². The third kappa shape index (κ3) is 12.0. The van der Waals surface area contributed by atoms with Crippen LogP contribution in [0.25, 0.3) is 0 Å². The number of nitrogens with one attached hydrogen (secondary N) is 2. The first-order valence-electron chi connectivity index (χ1n) is 13.7. The van der Waals surface area contributed by atoms with E-state index in [1.54, 1.807) is 20.8 Å². The van der Waals surface area contributed by atoms with E-state index in [9.17, 15) is 19.5 Å². The largest absolute Gasteiger partial charge is 0.444 e. The molecular formula is C29H49N3O5. The second-order valence-electron chi connectivity index (χ2n) is 10.8. The monoisotopic (exact) mass is 519 g/mol. The number of nitrogens with zero attached hydrogens (tertiary/aromatic N) is 1. The Morgan fingerprint density at radius 1 is 0.946 bits per heavy atom. The summed E-state index contributed by atoms with van der Waals surface area (Å²) < 4.78 is 5.30. The topological polar surface area (TPSA) is 108 Å². The highest BCUT2D eigenvalue weighted by molar-refractivity contribution is 5.92. The van der Waals surface area contributed by atoms with Crippen molar-refractivity contribution in [3.63, 3.8) is 0 Å². The molecule has 8 nitrogen and oxygen atoms in total. The maximum absolute atomic E-state index is 13.8. The molecule has 0 aliphatic rings. The lowest BCUT2D eigenvalue weighted by atomic mass is 9.98. The second kappa shape index (κ2) is 16.3. The van der Waals surface area contributed by atoms with E-state index >= 15 is 0 Å². The average molecular weight is 520 g/mol. The summed E-state index contributed by atoms with van der Waals surface area (Å²) in [6.07, 6.45) is 5.83. The van der Waals surface area contributed by atoms with E-state index < -0.39 is 36.3 Å². The Morgan fingerprint density at radius 2 is 1.54 bits per heavy atom. The number of aliphatic hydroxyl groups is 1. The molecule has 0 radical (unpaired) electrons. The van der Waals surface area contributed by atoms with Crippen LogP contribution in [-0.4, -0.2) is 59.3 Å². The Labute approximate surface area is 223 Å². The van der Waals surface area contributed by atoms with Gasteiger partial charge < -0.3 is 25.4 Å². The van der Waals surface area contributed by atoms with Crippen molar-refractivity contribution in [2.45, 2.75) is 111 Å². The predicted molar refractivity (Wildman–Crippen MR) is 147 cm³/mol. The van der Waals surface area contributed by atoms with Crippen molar-refractivity contribution in [1.29, 1.82) is 0 Å². The number of hydrogen-bond acceptors (Lipinski definition) is 5. The molecule has 1 rings (SSSR count). The number of ether oxygens (including phenoxy) is 1. The van der Waals surface area contributed by atoms with Crippen LogP contribution in [0.2, 0.25) is 0 Å².